The molecule has 0 bridgehead atoms. The van der Waals surface area contributed by atoms with E-state index in [4.69, 9.17) is 4.74 Å². The Bertz CT molecular complexity index is 672. The molecule has 0 fully saturated rings. The fourth-order valence-electron chi connectivity index (χ4n) is 1.57. The van der Waals surface area contributed by atoms with E-state index in [9.17, 15) is 4.79 Å². The first kappa shape index (κ1) is 15.1. The molecule has 108 valence electrons. The van der Waals surface area contributed by atoms with Gasteiger partial charge in [-0.15, -0.1) is 11.3 Å². The summed E-state index contributed by atoms with van der Waals surface area (Å²) in [6.45, 7) is 5.49. The predicted molar refractivity (Wildman–Crippen MR) is 86.6 cm³/mol. The molecule has 3 nitrogen and oxygen atoms in total. The van der Waals surface area contributed by atoms with Crippen molar-refractivity contribution in [3.63, 3.8) is 0 Å². The Morgan fingerprint density at radius 2 is 1.86 bits per heavy atom. The summed E-state index contributed by atoms with van der Waals surface area (Å²) >= 11 is 1.48. The van der Waals surface area contributed by atoms with Gasteiger partial charge in [0, 0.05) is 5.56 Å². The number of nitrogens with one attached hydrogen (secondary N) is 1. The van der Waals surface area contributed by atoms with Gasteiger partial charge >= 0.3 is 6.09 Å². The van der Waals surface area contributed by atoms with Gasteiger partial charge in [0.15, 0.2) is 0 Å². The zero-order valence-corrected chi connectivity index (χ0v) is 13.1. The number of amides is 1. The van der Waals surface area contributed by atoms with Crippen molar-refractivity contribution in [1.29, 1.82) is 0 Å². The number of ether oxygens (including phenoxy) is 1. The van der Waals surface area contributed by atoms with Gasteiger partial charge < -0.3 is 4.74 Å². The summed E-state index contributed by atoms with van der Waals surface area (Å²) in [7, 11) is 0. The first-order chi connectivity index (χ1) is 9.94. The third-order valence-electron chi connectivity index (χ3n) is 2.39. The van der Waals surface area contributed by atoms with Crippen LogP contribution in [0.25, 0.3) is 0 Å². The van der Waals surface area contributed by atoms with Crippen LogP contribution in [0, 0.1) is 11.8 Å². The van der Waals surface area contributed by atoms with E-state index in [-0.39, 0.29) is 0 Å². The maximum absolute atomic E-state index is 11.8. The molecule has 0 saturated carbocycles. The SMILES string of the molecule is CC(C)(C)OC(=O)Nc1ccsc1C#Cc1ccccc1. The minimum atomic E-state index is -0.518. The predicted octanol–water partition coefficient (Wildman–Crippen LogP) is 4.49. The van der Waals surface area contributed by atoms with Crippen molar-refractivity contribution in [1.82, 2.24) is 0 Å². The maximum Gasteiger partial charge on any atom is 0.412 e. The Balaban J connectivity index is 2.09. The second kappa shape index (κ2) is 6.47. The van der Waals surface area contributed by atoms with E-state index in [1.54, 1.807) is 0 Å². The van der Waals surface area contributed by atoms with Gasteiger partial charge in [-0.05, 0) is 50.3 Å². The van der Waals surface area contributed by atoms with E-state index in [0.29, 0.717) is 5.69 Å². The van der Waals surface area contributed by atoms with Crippen LogP contribution in [-0.4, -0.2) is 11.7 Å². The lowest BCUT2D eigenvalue weighted by atomic mass is 10.2. The molecule has 0 spiro atoms. The lowest BCUT2D eigenvalue weighted by Crippen LogP contribution is -2.27. The lowest BCUT2D eigenvalue weighted by molar-refractivity contribution is 0.0636. The Kier molecular flexibility index (Phi) is 4.66. The van der Waals surface area contributed by atoms with Crippen LogP contribution in [0.15, 0.2) is 41.8 Å². The molecular weight excluding hydrogens is 282 g/mol. The molecule has 0 saturated heterocycles. The minimum absolute atomic E-state index is 0.469. The first-order valence-electron chi connectivity index (χ1n) is 6.58. The number of carbonyl (C=O) groups is 1. The molecule has 1 heterocycles. The number of benzene rings is 1. The number of hydrogen-bond acceptors (Lipinski definition) is 3. The number of hydrogen-bond donors (Lipinski definition) is 1. The van der Waals surface area contributed by atoms with Gasteiger partial charge in [-0.1, -0.05) is 24.1 Å². The third-order valence-corrected chi connectivity index (χ3v) is 3.22. The molecule has 0 atom stereocenters. The summed E-state index contributed by atoms with van der Waals surface area (Å²) in [5.41, 5.74) is 1.10. The highest BCUT2D eigenvalue weighted by Gasteiger charge is 2.17. The molecule has 0 aliphatic heterocycles. The molecule has 2 rings (SSSR count). The number of rotatable bonds is 1. The van der Waals surface area contributed by atoms with Gasteiger partial charge in [-0.2, -0.15) is 0 Å². The van der Waals surface area contributed by atoms with Crippen LogP contribution >= 0.6 is 11.3 Å². The molecule has 1 aromatic carbocycles. The largest absolute Gasteiger partial charge is 0.444 e. The summed E-state index contributed by atoms with van der Waals surface area (Å²) in [6.07, 6.45) is -0.469. The van der Waals surface area contributed by atoms with Gasteiger partial charge in [-0.3, -0.25) is 5.32 Å². The second-order valence-electron chi connectivity index (χ2n) is 5.41. The van der Waals surface area contributed by atoms with Gasteiger partial charge in [0.2, 0.25) is 0 Å². The molecule has 0 unspecified atom stereocenters. The zero-order valence-electron chi connectivity index (χ0n) is 12.3. The summed E-state index contributed by atoms with van der Waals surface area (Å²) in [5, 5.41) is 4.62. The van der Waals surface area contributed by atoms with Crippen LogP contribution in [0.2, 0.25) is 0 Å². The Labute approximate surface area is 129 Å². The highest BCUT2D eigenvalue weighted by Crippen LogP contribution is 2.22. The van der Waals surface area contributed by atoms with Crippen molar-refractivity contribution < 1.29 is 9.53 Å². The Morgan fingerprint density at radius 3 is 2.52 bits per heavy atom. The van der Waals surface area contributed by atoms with E-state index >= 15 is 0 Å². The van der Waals surface area contributed by atoms with E-state index in [0.717, 1.165) is 10.4 Å². The summed E-state index contributed by atoms with van der Waals surface area (Å²) < 4.78 is 5.24. The van der Waals surface area contributed by atoms with Crippen LogP contribution in [0.1, 0.15) is 31.2 Å². The van der Waals surface area contributed by atoms with E-state index in [2.05, 4.69) is 17.2 Å². The normalized spacial score (nSPS) is 10.4. The van der Waals surface area contributed by atoms with Crippen LogP contribution in [-0.2, 0) is 4.74 Å². The second-order valence-corrected chi connectivity index (χ2v) is 6.32. The van der Waals surface area contributed by atoms with Gasteiger partial charge in [0.05, 0.1) is 5.69 Å². The number of anilines is 1. The van der Waals surface area contributed by atoms with Crippen molar-refractivity contribution in [2.24, 2.45) is 0 Å². The van der Waals surface area contributed by atoms with Crippen molar-refractivity contribution in [2.75, 3.05) is 5.32 Å². The van der Waals surface area contributed by atoms with Crippen molar-refractivity contribution in [2.45, 2.75) is 26.4 Å². The topological polar surface area (TPSA) is 38.3 Å². The molecule has 2 aromatic rings. The average Bonchev–Trinajstić information content (AvgIpc) is 2.82. The standard InChI is InChI=1S/C17H17NO2S/c1-17(2,3)20-16(19)18-14-11-12-21-15(14)10-9-13-7-5-4-6-8-13/h4-8,11-12H,1-3H3,(H,18,19). The highest BCUT2D eigenvalue weighted by molar-refractivity contribution is 7.11. The van der Waals surface area contributed by atoms with Crippen molar-refractivity contribution >= 4 is 23.1 Å². The minimum Gasteiger partial charge on any atom is -0.444 e. The van der Waals surface area contributed by atoms with Crippen LogP contribution in [0.4, 0.5) is 10.5 Å². The number of thiophene rings is 1. The van der Waals surface area contributed by atoms with Gasteiger partial charge in [-0.25, -0.2) is 4.79 Å². The van der Waals surface area contributed by atoms with Gasteiger partial charge in [0.1, 0.15) is 10.5 Å². The molecule has 0 aliphatic rings. The van der Waals surface area contributed by atoms with Crippen molar-refractivity contribution in [3.05, 3.63) is 52.2 Å². The summed E-state index contributed by atoms with van der Waals surface area (Å²) in [5.74, 6) is 6.15. The van der Waals surface area contributed by atoms with Gasteiger partial charge in [0.25, 0.3) is 0 Å². The third kappa shape index (κ3) is 4.97. The molecule has 0 aliphatic carbocycles. The number of carbonyl (C=O) groups excluding carboxylic acids is 1. The Morgan fingerprint density at radius 1 is 1.14 bits per heavy atom. The molecular formula is C17H17NO2S. The molecule has 1 amide bonds. The molecule has 21 heavy (non-hydrogen) atoms. The lowest BCUT2D eigenvalue weighted by Gasteiger charge is -2.19. The summed E-state index contributed by atoms with van der Waals surface area (Å²) in [6, 6.07) is 11.6. The average molecular weight is 299 g/mol. The van der Waals surface area contributed by atoms with E-state index in [1.807, 2.05) is 62.5 Å². The first-order valence-corrected chi connectivity index (χ1v) is 7.46. The van der Waals surface area contributed by atoms with E-state index in [1.165, 1.54) is 11.3 Å². The molecule has 1 N–H and O–H groups in total. The van der Waals surface area contributed by atoms with Crippen LogP contribution in [0.5, 0.6) is 0 Å². The quantitative estimate of drug-likeness (QED) is 0.788. The molecule has 1 aromatic heterocycles. The molecule has 0 radical (unpaired) electrons. The van der Waals surface area contributed by atoms with Crippen molar-refractivity contribution in [3.8, 4) is 11.8 Å². The van der Waals surface area contributed by atoms with Crippen LogP contribution < -0.4 is 5.32 Å². The highest BCUT2D eigenvalue weighted by atomic mass is 32.1. The fraction of sp³-hybridized carbons (Fsp3) is 0.235. The maximum atomic E-state index is 11.8. The zero-order chi connectivity index (χ0) is 15.3. The monoisotopic (exact) mass is 299 g/mol. The smallest absolute Gasteiger partial charge is 0.412 e. The Hall–Kier alpha value is -2.25. The van der Waals surface area contributed by atoms with Crippen LogP contribution in [0.3, 0.4) is 0 Å². The molecule has 4 heteroatoms. The fourth-order valence-corrected chi connectivity index (χ4v) is 2.26. The van der Waals surface area contributed by atoms with E-state index < -0.39 is 11.7 Å². The summed E-state index contributed by atoms with van der Waals surface area (Å²) in [4.78, 5) is 12.6.